The summed E-state index contributed by atoms with van der Waals surface area (Å²) >= 11 is 5.99. The van der Waals surface area contributed by atoms with E-state index in [2.05, 4.69) is 16.2 Å². The van der Waals surface area contributed by atoms with Gasteiger partial charge in [-0.15, -0.1) is 0 Å². The van der Waals surface area contributed by atoms with Gasteiger partial charge in [-0.1, -0.05) is 29.8 Å². The van der Waals surface area contributed by atoms with Crippen molar-refractivity contribution in [2.75, 3.05) is 18.5 Å². The third-order valence-corrected chi connectivity index (χ3v) is 4.93. The first-order chi connectivity index (χ1) is 16.4. The first-order valence-electron chi connectivity index (χ1n) is 10.6. The van der Waals surface area contributed by atoms with Crippen molar-refractivity contribution in [3.8, 4) is 11.5 Å². The molecule has 0 aliphatic carbocycles. The fourth-order valence-corrected chi connectivity index (χ4v) is 3.25. The lowest BCUT2D eigenvalue weighted by Crippen LogP contribution is -2.41. The van der Waals surface area contributed by atoms with E-state index in [1.807, 2.05) is 13.8 Å². The molecule has 0 heterocycles. The highest BCUT2D eigenvalue weighted by molar-refractivity contribution is 6.33. The van der Waals surface area contributed by atoms with Gasteiger partial charge in [-0.3, -0.25) is 25.2 Å². The van der Waals surface area contributed by atoms with E-state index < -0.39 is 11.8 Å². The van der Waals surface area contributed by atoms with E-state index >= 15 is 0 Å². The number of amides is 3. The fourth-order valence-electron chi connectivity index (χ4n) is 3.03. The third-order valence-electron chi connectivity index (χ3n) is 4.60. The van der Waals surface area contributed by atoms with Crippen molar-refractivity contribution in [2.24, 2.45) is 0 Å². The average molecular weight is 482 g/mol. The summed E-state index contributed by atoms with van der Waals surface area (Å²) in [5, 5.41) is 3.02. The van der Waals surface area contributed by atoms with Crippen molar-refractivity contribution in [3.63, 3.8) is 0 Å². The van der Waals surface area contributed by atoms with Crippen molar-refractivity contribution in [1.82, 2.24) is 10.9 Å². The number of ether oxygens (including phenoxy) is 2. The summed E-state index contributed by atoms with van der Waals surface area (Å²) < 4.78 is 11.1. The van der Waals surface area contributed by atoms with Crippen LogP contribution in [0.15, 0.2) is 66.7 Å². The van der Waals surface area contributed by atoms with Crippen LogP contribution in [0.2, 0.25) is 5.02 Å². The van der Waals surface area contributed by atoms with Crippen LogP contribution in [0, 0.1) is 0 Å². The Morgan fingerprint density at radius 3 is 2.15 bits per heavy atom. The molecule has 9 heteroatoms. The monoisotopic (exact) mass is 481 g/mol. The molecule has 0 atom stereocenters. The summed E-state index contributed by atoms with van der Waals surface area (Å²) in [4.78, 5) is 37.5. The Bertz CT molecular complexity index is 1200. The number of hydrogen-bond acceptors (Lipinski definition) is 5. The summed E-state index contributed by atoms with van der Waals surface area (Å²) in [6.45, 7) is 4.60. The molecule has 0 spiro atoms. The second-order valence-corrected chi connectivity index (χ2v) is 7.36. The second kappa shape index (κ2) is 11.7. The van der Waals surface area contributed by atoms with Crippen LogP contribution in [0.1, 0.15) is 44.9 Å². The fraction of sp³-hybridized carbons (Fsp3) is 0.160. The third kappa shape index (κ3) is 6.26. The summed E-state index contributed by atoms with van der Waals surface area (Å²) in [6, 6.07) is 17.7. The van der Waals surface area contributed by atoms with Crippen molar-refractivity contribution < 1.29 is 23.9 Å². The van der Waals surface area contributed by atoms with Crippen LogP contribution < -0.4 is 25.6 Å². The van der Waals surface area contributed by atoms with Gasteiger partial charge in [0, 0.05) is 16.8 Å². The van der Waals surface area contributed by atoms with Crippen molar-refractivity contribution >= 4 is 35.0 Å². The zero-order chi connectivity index (χ0) is 24.5. The molecule has 8 nitrogen and oxygen atoms in total. The molecule has 0 aromatic heterocycles. The van der Waals surface area contributed by atoms with Crippen LogP contribution >= 0.6 is 11.6 Å². The maximum absolute atomic E-state index is 12.7. The Labute approximate surface area is 202 Å². The summed E-state index contributed by atoms with van der Waals surface area (Å²) in [5.74, 6) is -0.466. The number of rotatable bonds is 8. The minimum absolute atomic E-state index is 0.229. The second-order valence-electron chi connectivity index (χ2n) is 6.95. The number of carbonyl (C=O) groups is 3. The molecular weight excluding hydrogens is 458 g/mol. The largest absolute Gasteiger partial charge is 0.490 e. The molecule has 0 aliphatic heterocycles. The summed E-state index contributed by atoms with van der Waals surface area (Å²) in [6.07, 6.45) is 0. The number of hydrazine groups is 1. The number of hydrogen-bond donors (Lipinski definition) is 3. The highest BCUT2D eigenvalue weighted by atomic mass is 35.5. The molecule has 0 saturated heterocycles. The zero-order valence-corrected chi connectivity index (χ0v) is 19.4. The zero-order valence-electron chi connectivity index (χ0n) is 18.7. The quantitative estimate of drug-likeness (QED) is 0.412. The molecule has 0 unspecified atom stereocenters. The predicted octanol–water partition coefficient (Wildman–Crippen LogP) is 4.46. The molecule has 3 rings (SSSR count). The summed E-state index contributed by atoms with van der Waals surface area (Å²) in [5.41, 5.74) is 5.90. The maximum atomic E-state index is 12.7. The van der Waals surface area contributed by atoms with Crippen molar-refractivity contribution in [3.05, 3.63) is 88.4 Å². The predicted molar refractivity (Wildman–Crippen MR) is 130 cm³/mol. The first kappa shape index (κ1) is 24.6. The van der Waals surface area contributed by atoms with E-state index in [1.54, 1.807) is 54.6 Å². The van der Waals surface area contributed by atoms with Gasteiger partial charge in [-0.2, -0.15) is 0 Å². The van der Waals surface area contributed by atoms with Crippen molar-refractivity contribution in [1.29, 1.82) is 0 Å². The van der Waals surface area contributed by atoms with E-state index in [1.165, 1.54) is 12.1 Å². The molecule has 0 saturated carbocycles. The highest BCUT2D eigenvalue weighted by Crippen LogP contribution is 2.29. The standard InChI is InChI=1S/C25H24ClN3O5/c1-3-33-21-13-12-17(15-22(21)34-4-2)23(30)27-18-9-7-8-16(14-18)24(31)28-29-25(32)19-10-5-6-11-20(19)26/h5-15H,3-4H2,1-2H3,(H,27,30)(H,28,31)(H,29,32). The SMILES string of the molecule is CCOc1ccc(C(=O)Nc2cccc(C(=O)NNC(=O)c3ccccc3Cl)c2)cc1OCC. The maximum Gasteiger partial charge on any atom is 0.271 e. The lowest BCUT2D eigenvalue weighted by Gasteiger charge is -2.13. The Kier molecular flexibility index (Phi) is 8.48. The first-order valence-corrected chi connectivity index (χ1v) is 11.0. The van der Waals surface area contributed by atoms with Crippen LogP contribution in [-0.2, 0) is 0 Å². The van der Waals surface area contributed by atoms with Crippen LogP contribution in [0.25, 0.3) is 0 Å². The smallest absolute Gasteiger partial charge is 0.271 e. The molecule has 3 N–H and O–H groups in total. The summed E-state index contributed by atoms with van der Waals surface area (Å²) in [7, 11) is 0. The van der Waals surface area contributed by atoms with Gasteiger partial charge in [0.1, 0.15) is 0 Å². The van der Waals surface area contributed by atoms with Gasteiger partial charge in [0.05, 0.1) is 23.8 Å². The van der Waals surface area contributed by atoms with Gasteiger partial charge in [-0.05, 0) is 62.4 Å². The highest BCUT2D eigenvalue weighted by Gasteiger charge is 2.14. The molecule has 0 aliphatic rings. The molecule has 176 valence electrons. The van der Waals surface area contributed by atoms with E-state index in [0.717, 1.165) is 0 Å². The molecular formula is C25H24ClN3O5. The Morgan fingerprint density at radius 2 is 1.41 bits per heavy atom. The minimum Gasteiger partial charge on any atom is -0.490 e. The van der Waals surface area contributed by atoms with Crippen LogP contribution in [0.5, 0.6) is 11.5 Å². The van der Waals surface area contributed by atoms with E-state index in [0.29, 0.717) is 36.0 Å². The van der Waals surface area contributed by atoms with Gasteiger partial charge < -0.3 is 14.8 Å². The number of carbonyl (C=O) groups excluding carboxylic acids is 3. The molecule has 3 aromatic rings. The normalized spacial score (nSPS) is 10.2. The number of benzene rings is 3. The van der Waals surface area contributed by atoms with Gasteiger partial charge in [0.2, 0.25) is 0 Å². The Balaban J connectivity index is 1.66. The molecule has 3 amide bonds. The van der Waals surface area contributed by atoms with E-state index in [4.69, 9.17) is 21.1 Å². The topological polar surface area (TPSA) is 106 Å². The average Bonchev–Trinajstić information content (AvgIpc) is 2.84. The van der Waals surface area contributed by atoms with Crippen LogP contribution in [0.4, 0.5) is 5.69 Å². The van der Waals surface area contributed by atoms with Gasteiger partial charge in [-0.25, -0.2) is 0 Å². The lowest BCUT2D eigenvalue weighted by molar-refractivity contribution is 0.0847. The molecule has 0 fully saturated rings. The Hall–Kier alpha value is -4.04. The number of nitrogens with one attached hydrogen (secondary N) is 3. The minimum atomic E-state index is -0.559. The molecule has 0 bridgehead atoms. The van der Waals surface area contributed by atoms with Crippen LogP contribution in [0.3, 0.4) is 0 Å². The van der Waals surface area contributed by atoms with E-state index in [-0.39, 0.29) is 22.1 Å². The molecule has 0 radical (unpaired) electrons. The van der Waals surface area contributed by atoms with E-state index in [9.17, 15) is 14.4 Å². The molecule has 3 aromatic carbocycles. The van der Waals surface area contributed by atoms with Gasteiger partial charge >= 0.3 is 0 Å². The number of anilines is 1. The van der Waals surface area contributed by atoms with Crippen molar-refractivity contribution in [2.45, 2.75) is 13.8 Å². The Morgan fingerprint density at radius 1 is 0.735 bits per heavy atom. The lowest BCUT2D eigenvalue weighted by atomic mass is 10.1. The van der Waals surface area contributed by atoms with Crippen LogP contribution in [-0.4, -0.2) is 30.9 Å². The molecule has 34 heavy (non-hydrogen) atoms. The van der Waals surface area contributed by atoms with Gasteiger partial charge in [0.25, 0.3) is 17.7 Å². The van der Waals surface area contributed by atoms with Gasteiger partial charge in [0.15, 0.2) is 11.5 Å². The number of halogens is 1.